The van der Waals surface area contributed by atoms with E-state index in [4.69, 9.17) is 4.74 Å². The molecule has 0 spiro atoms. The second-order valence-electron chi connectivity index (χ2n) is 5.95. The summed E-state index contributed by atoms with van der Waals surface area (Å²) < 4.78 is 29.6. The third-order valence-electron chi connectivity index (χ3n) is 4.14. The number of carbonyl (C=O) groups is 2. The zero-order chi connectivity index (χ0) is 19.4. The molecule has 3 rings (SSSR count). The maximum absolute atomic E-state index is 12.1. The number of benzene rings is 1. The highest BCUT2D eigenvalue weighted by molar-refractivity contribution is 5.95. The Morgan fingerprint density at radius 1 is 1.15 bits per heavy atom. The Morgan fingerprint density at radius 3 is 2.41 bits per heavy atom. The zero-order valence-corrected chi connectivity index (χ0v) is 14.3. The second kappa shape index (κ2) is 7.52. The number of amides is 2. The van der Waals surface area contributed by atoms with Crippen molar-refractivity contribution in [2.24, 2.45) is 0 Å². The molecular weight excluding hydrogens is 360 g/mol. The lowest BCUT2D eigenvalue weighted by Gasteiger charge is -2.20. The molecule has 2 aromatic rings. The number of carbonyl (C=O) groups excluding carboxylic acids is 2. The van der Waals surface area contributed by atoms with Gasteiger partial charge in [-0.15, -0.1) is 0 Å². The molecule has 1 aromatic carbocycles. The normalized spacial score (nSPS) is 14.4. The van der Waals surface area contributed by atoms with Crippen LogP contribution in [-0.2, 0) is 10.3 Å². The van der Waals surface area contributed by atoms with Crippen LogP contribution in [0.4, 0.5) is 14.7 Å². The fraction of sp³-hybridized carbons (Fsp3) is 0.294. The number of aromatic nitrogens is 2. The van der Waals surface area contributed by atoms with Crippen LogP contribution in [0.25, 0.3) is 0 Å². The van der Waals surface area contributed by atoms with E-state index >= 15 is 0 Å². The lowest BCUT2D eigenvalue weighted by atomic mass is 10.0. The molecule has 0 bridgehead atoms. The van der Waals surface area contributed by atoms with Crippen LogP contribution in [0.3, 0.4) is 0 Å². The number of ether oxygens (including phenoxy) is 1. The molecule has 0 atom stereocenters. The van der Waals surface area contributed by atoms with Gasteiger partial charge in [-0.2, -0.15) is 8.78 Å². The second-order valence-corrected chi connectivity index (χ2v) is 5.95. The van der Waals surface area contributed by atoms with Crippen LogP contribution in [0.15, 0.2) is 36.7 Å². The zero-order valence-electron chi connectivity index (χ0n) is 14.3. The summed E-state index contributed by atoms with van der Waals surface area (Å²) in [5, 5.41) is 3.25. The summed E-state index contributed by atoms with van der Waals surface area (Å²) in [5.74, 6) is -1.34. The van der Waals surface area contributed by atoms with Crippen molar-refractivity contribution in [2.75, 3.05) is 12.4 Å². The van der Waals surface area contributed by atoms with E-state index in [1.165, 1.54) is 12.4 Å². The summed E-state index contributed by atoms with van der Waals surface area (Å²) in [4.78, 5) is 30.7. The number of para-hydroxylation sites is 1. The smallest absolute Gasteiger partial charge is 0.317 e. The number of rotatable bonds is 6. The number of anilines is 1. The van der Waals surface area contributed by atoms with E-state index < -0.39 is 18.2 Å². The Kier molecular flexibility index (Phi) is 5.15. The third kappa shape index (κ3) is 4.10. The van der Waals surface area contributed by atoms with Crippen LogP contribution in [0.5, 0.6) is 5.75 Å². The Bertz CT molecular complexity index is 841. The van der Waals surface area contributed by atoms with Crippen LogP contribution < -0.4 is 20.9 Å². The molecule has 1 heterocycles. The van der Waals surface area contributed by atoms with Gasteiger partial charge >= 0.3 is 12.3 Å². The van der Waals surface area contributed by atoms with E-state index in [0.717, 1.165) is 24.2 Å². The minimum Gasteiger partial charge on any atom is -0.496 e. The summed E-state index contributed by atoms with van der Waals surface area (Å²) in [6.07, 6.45) is 0.990. The van der Waals surface area contributed by atoms with E-state index in [1.807, 2.05) is 29.7 Å². The molecule has 0 radical (unpaired) electrons. The third-order valence-corrected chi connectivity index (χ3v) is 4.14. The first-order chi connectivity index (χ1) is 12.9. The highest BCUT2D eigenvalue weighted by atomic mass is 19.3. The van der Waals surface area contributed by atoms with Gasteiger partial charge in [-0.05, 0) is 18.9 Å². The summed E-state index contributed by atoms with van der Waals surface area (Å²) in [6, 6.07) is 7.64. The van der Waals surface area contributed by atoms with Crippen molar-refractivity contribution in [1.29, 1.82) is 0 Å². The molecule has 0 unspecified atom stereocenters. The average Bonchev–Trinajstić information content (AvgIpc) is 3.46. The predicted molar refractivity (Wildman–Crippen MR) is 91.2 cm³/mol. The van der Waals surface area contributed by atoms with Gasteiger partial charge in [0.1, 0.15) is 5.75 Å². The molecule has 142 valence electrons. The predicted octanol–water partition coefficient (Wildman–Crippen LogP) is 1.61. The number of nitrogens with zero attached hydrogens (tertiary/aromatic N) is 2. The van der Waals surface area contributed by atoms with Gasteiger partial charge in [-0.25, -0.2) is 9.97 Å². The summed E-state index contributed by atoms with van der Waals surface area (Å²) in [7, 11) is 1.60. The van der Waals surface area contributed by atoms with Crippen molar-refractivity contribution in [3.8, 4) is 5.75 Å². The topological polar surface area (TPSA) is 105 Å². The van der Waals surface area contributed by atoms with Gasteiger partial charge in [0.15, 0.2) is 0 Å². The molecule has 8 nitrogen and oxygen atoms in total. The fourth-order valence-electron chi connectivity index (χ4n) is 2.60. The van der Waals surface area contributed by atoms with Gasteiger partial charge in [-0.3, -0.25) is 20.4 Å². The molecule has 0 saturated heterocycles. The maximum atomic E-state index is 12.1. The lowest BCUT2D eigenvalue weighted by Crippen LogP contribution is -2.44. The van der Waals surface area contributed by atoms with Crippen molar-refractivity contribution in [3.05, 3.63) is 47.8 Å². The van der Waals surface area contributed by atoms with Crippen molar-refractivity contribution >= 4 is 17.8 Å². The van der Waals surface area contributed by atoms with Crippen LogP contribution in [0.2, 0.25) is 0 Å². The SMILES string of the molecule is COc1ccccc1C1(Nc2ncc(C(=O)NNC(=O)C(F)F)cn2)CC1. The molecule has 1 aliphatic rings. The molecule has 2 amide bonds. The maximum Gasteiger partial charge on any atom is 0.317 e. The quantitative estimate of drug-likeness (QED) is 0.661. The van der Waals surface area contributed by atoms with Gasteiger partial charge in [-0.1, -0.05) is 18.2 Å². The van der Waals surface area contributed by atoms with Gasteiger partial charge in [0.25, 0.3) is 5.91 Å². The number of alkyl halides is 2. The number of hydrogen-bond acceptors (Lipinski definition) is 6. The standard InChI is InChI=1S/C17H17F2N5O3/c1-27-12-5-3-2-4-11(12)17(6-7-17)22-16-20-8-10(9-21-16)14(25)23-24-15(26)13(18)19/h2-5,8-9,13H,6-7H2,1H3,(H,23,25)(H,24,26)(H,20,21,22). The van der Waals surface area contributed by atoms with Crippen LogP contribution in [0.1, 0.15) is 28.8 Å². The van der Waals surface area contributed by atoms with Crippen molar-refractivity contribution in [3.63, 3.8) is 0 Å². The first-order valence-corrected chi connectivity index (χ1v) is 8.07. The van der Waals surface area contributed by atoms with Gasteiger partial charge in [0.05, 0.1) is 18.2 Å². The van der Waals surface area contributed by atoms with E-state index in [-0.39, 0.29) is 11.1 Å². The van der Waals surface area contributed by atoms with E-state index in [9.17, 15) is 18.4 Å². The van der Waals surface area contributed by atoms with E-state index in [1.54, 1.807) is 12.5 Å². The van der Waals surface area contributed by atoms with Crippen LogP contribution >= 0.6 is 0 Å². The number of hydrazine groups is 1. The van der Waals surface area contributed by atoms with Gasteiger partial charge in [0.2, 0.25) is 5.95 Å². The number of methoxy groups -OCH3 is 1. The molecule has 27 heavy (non-hydrogen) atoms. The Labute approximate surface area is 153 Å². The monoisotopic (exact) mass is 377 g/mol. The molecule has 1 fully saturated rings. The molecular formula is C17H17F2N5O3. The molecule has 1 aromatic heterocycles. The molecule has 1 aliphatic carbocycles. The highest BCUT2D eigenvalue weighted by Gasteiger charge is 2.46. The lowest BCUT2D eigenvalue weighted by molar-refractivity contribution is -0.132. The summed E-state index contributed by atoms with van der Waals surface area (Å²) >= 11 is 0. The minimum absolute atomic E-state index is 0.0113. The molecule has 3 N–H and O–H groups in total. The number of nitrogens with one attached hydrogen (secondary N) is 3. The largest absolute Gasteiger partial charge is 0.496 e. The van der Waals surface area contributed by atoms with Crippen molar-refractivity contribution in [1.82, 2.24) is 20.8 Å². The first kappa shape index (κ1) is 18.5. The average molecular weight is 377 g/mol. The molecule has 1 saturated carbocycles. The molecule has 10 heteroatoms. The minimum atomic E-state index is -3.22. The number of hydrogen-bond donors (Lipinski definition) is 3. The Morgan fingerprint density at radius 2 is 1.81 bits per heavy atom. The van der Waals surface area contributed by atoms with E-state index in [0.29, 0.717) is 5.95 Å². The summed E-state index contributed by atoms with van der Waals surface area (Å²) in [6.45, 7) is 0. The van der Waals surface area contributed by atoms with Crippen molar-refractivity contribution in [2.45, 2.75) is 24.8 Å². The Hall–Kier alpha value is -3.30. The molecule has 0 aliphatic heterocycles. The highest BCUT2D eigenvalue weighted by Crippen LogP contribution is 2.50. The van der Waals surface area contributed by atoms with E-state index in [2.05, 4.69) is 15.3 Å². The van der Waals surface area contributed by atoms with Crippen molar-refractivity contribution < 1.29 is 23.1 Å². The number of halogens is 2. The Balaban J connectivity index is 1.66. The fourth-order valence-corrected chi connectivity index (χ4v) is 2.60. The summed E-state index contributed by atoms with van der Waals surface area (Å²) in [5.41, 5.74) is 4.14. The first-order valence-electron chi connectivity index (χ1n) is 8.07. The van der Waals surface area contributed by atoms with Crippen LogP contribution in [-0.4, -0.2) is 35.3 Å². The van der Waals surface area contributed by atoms with Gasteiger partial charge in [0, 0.05) is 18.0 Å². The van der Waals surface area contributed by atoms with Gasteiger partial charge < -0.3 is 10.1 Å². The van der Waals surface area contributed by atoms with Crippen LogP contribution in [0, 0.1) is 0 Å².